The van der Waals surface area contributed by atoms with Crippen LogP contribution in [-0.4, -0.2) is 22.7 Å². The van der Waals surface area contributed by atoms with Crippen LogP contribution in [0.3, 0.4) is 0 Å². The van der Waals surface area contributed by atoms with Crippen LogP contribution in [0.4, 0.5) is 0 Å². The molecular formula is C10H15ClN2O. The van der Waals surface area contributed by atoms with E-state index in [1.165, 1.54) is 0 Å². The molecule has 0 radical (unpaired) electrons. The average Bonchev–Trinajstić information content (AvgIpc) is 2.18. The molecule has 0 aliphatic carbocycles. The van der Waals surface area contributed by atoms with Gasteiger partial charge in [-0.2, -0.15) is 0 Å². The van der Waals surface area contributed by atoms with E-state index in [2.05, 4.69) is 10.3 Å². The molecule has 1 unspecified atom stereocenters. The van der Waals surface area contributed by atoms with Gasteiger partial charge in [-0.1, -0.05) is 17.7 Å². The van der Waals surface area contributed by atoms with Crippen molar-refractivity contribution < 1.29 is 5.11 Å². The summed E-state index contributed by atoms with van der Waals surface area (Å²) in [5, 5.41) is 12.6. The zero-order chi connectivity index (χ0) is 10.6. The lowest BCUT2D eigenvalue weighted by molar-refractivity contribution is 0.243. The van der Waals surface area contributed by atoms with Gasteiger partial charge in [0.05, 0.1) is 6.61 Å². The van der Waals surface area contributed by atoms with Gasteiger partial charge in [0.1, 0.15) is 5.15 Å². The third kappa shape index (κ3) is 3.25. The first kappa shape index (κ1) is 11.4. The highest BCUT2D eigenvalue weighted by Gasteiger charge is 2.08. The zero-order valence-electron chi connectivity index (χ0n) is 8.37. The fraction of sp³-hybridized carbons (Fsp3) is 0.500. The Morgan fingerprint density at radius 3 is 2.71 bits per heavy atom. The van der Waals surface area contributed by atoms with E-state index in [9.17, 15) is 0 Å². The summed E-state index contributed by atoms with van der Waals surface area (Å²) in [6, 6.07) is 3.94. The molecule has 0 spiro atoms. The van der Waals surface area contributed by atoms with E-state index in [-0.39, 0.29) is 18.7 Å². The first-order chi connectivity index (χ1) is 6.63. The van der Waals surface area contributed by atoms with Crippen molar-refractivity contribution in [3.05, 3.63) is 29.0 Å². The number of nitrogens with one attached hydrogen (secondary N) is 1. The molecule has 0 aromatic carbocycles. The van der Waals surface area contributed by atoms with Gasteiger partial charge in [-0.05, 0) is 25.5 Å². The van der Waals surface area contributed by atoms with Gasteiger partial charge in [-0.15, -0.1) is 0 Å². The van der Waals surface area contributed by atoms with Crippen LogP contribution in [0, 0.1) is 0 Å². The summed E-state index contributed by atoms with van der Waals surface area (Å²) < 4.78 is 0. The zero-order valence-corrected chi connectivity index (χ0v) is 9.12. The normalized spacial score (nSPS) is 15.1. The predicted molar refractivity (Wildman–Crippen MR) is 57.3 cm³/mol. The molecule has 0 saturated carbocycles. The van der Waals surface area contributed by atoms with Crippen molar-refractivity contribution in [1.82, 2.24) is 10.3 Å². The molecular weight excluding hydrogens is 200 g/mol. The van der Waals surface area contributed by atoms with Crippen LogP contribution in [0.25, 0.3) is 0 Å². The lowest BCUT2D eigenvalue weighted by atomic mass is 10.1. The summed E-state index contributed by atoms with van der Waals surface area (Å²) in [5.41, 5.74) is 1.06. The van der Waals surface area contributed by atoms with Crippen molar-refractivity contribution in [2.45, 2.75) is 25.9 Å². The summed E-state index contributed by atoms with van der Waals surface area (Å²) in [6.45, 7) is 4.09. The second-order valence-electron chi connectivity index (χ2n) is 3.39. The Hall–Kier alpha value is -0.640. The molecule has 3 nitrogen and oxygen atoms in total. The summed E-state index contributed by atoms with van der Waals surface area (Å²) in [6.07, 6.45) is 1.74. The molecule has 1 rings (SSSR count). The van der Waals surface area contributed by atoms with Gasteiger partial charge < -0.3 is 10.4 Å². The van der Waals surface area contributed by atoms with Gasteiger partial charge in [0.15, 0.2) is 0 Å². The number of hydrogen-bond acceptors (Lipinski definition) is 3. The molecule has 14 heavy (non-hydrogen) atoms. The highest BCUT2D eigenvalue weighted by Crippen LogP contribution is 2.13. The maximum atomic E-state index is 8.88. The second-order valence-corrected chi connectivity index (χ2v) is 3.77. The molecule has 2 atom stereocenters. The molecule has 0 aliphatic rings. The smallest absolute Gasteiger partial charge is 0.129 e. The number of aromatic nitrogens is 1. The first-order valence-corrected chi connectivity index (χ1v) is 4.99. The third-order valence-corrected chi connectivity index (χ3v) is 2.28. The van der Waals surface area contributed by atoms with Gasteiger partial charge in [-0.3, -0.25) is 0 Å². The predicted octanol–water partition coefficient (Wildman–Crippen LogP) is 1.77. The highest BCUT2D eigenvalue weighted by molar-refractivity contribution is 6.29. The second kappa shape index (κ2) is 5.29. The fourth-order valence-electron chi connectivity index (χ4n) is 1.22. The van der Waals surface area contributed by atoms with Gasteiger partial charge >= 0.3 is 0 Å². The quantitative estimate of drug-likeness (QED) is 0.751. The largest absolute Gasteiger partial charge is 0.395 e. The van der Waals surface area contributed by atoms with Crippen molar-refractivity contribution in [2.24, 2.45) is 0 Å². The summed E-state index contributed by atoms with van der Waals surface area (Å²) in [7, 11) is 0. The van der Waals surface area contributed by atoms with Crippen molar-refractivity contribution in [3.63, 3.8) is 0 Å². The van der Waals surface area contributed by atoms with E-state index in [1.807, 2.05) is 19.9 Å². The number of aliphatic hydroxyl groups is 1. The Balaban J connectivity index is 2.60. The van der Waals surface area contributed by atoms with E-state index < -0.39 is 0 Å². The highest BCUT2D eigenvalue weighted by atomic mass is 35.5. The van der Waals surface area contributed by atoms with Crippen LogP contribution in [0.1, 0.15) is 25.5 Å². The Morgan fingerprint density at radius 2 is 2.21 bits per heavy atom. The van der Waals surface area contributed by atoms with Gasteiger partial charge in [-0.25, -0.2) is 4.98 Å². The summed E-state index contributed by atoms with van der Waals surface area (Å²) >= 11 is 5.68. The topological polar surface area (TPSA) is 45.1 Å². The van der Waals surface area contributed by atoms with Crippen LogP contribution in [0.2, 0.25) is 5.15 Å². The lowest BCUT2D eigenvalue weighted by Gasteiger charge is -2.18. The van der Waals surface area contributed by atoms with Crippen LogP contribution < -0.4 is 5.32 Å². The van der Waals surface area contributed by atoms with Gasteiger partial charge in [0.25, 0.3) is 0 Å². The molecule has 0 fully saturated rings. The SMILES string of the molecule is CC(N[C@H](C)CO)c1ccc(Cl)nc1. The minimum Gasteiger partial charge on any atom is -0.395 e. The maximum absolute atomic E-state index is 8.88. The third-order valence-electron chi connectivity index (χ3n) is 2.06. The van der Waals surface area contributed by atoms with Gasteiger partial charge in [0.2, 0.25) is 0 Å². The van der Waals surface area contributed by atoms with E-state index in [1.54, 1.807) is 12.3 Å². The molecule has 1 aromatic rings. The van der Waals surface area contributed by atoms with Crippen molar-refractivity contribution in [1.29, 1.82) is 0 Å². The van der Waals surface area contributed by atoms with Crippen LogP contribution in [0.5, 0.6) is 0 Å². The molecule has 2 N–H and O–H groups in total. The lowest BCUT2D eigenvalue weighted by Crippen LogP contribution is -2.31. The number of pyridine rings is 1. The summed E-state index contributed by atoms with van der Waals surface area (Å²) in [5.74, 6) is 0. The van der Waals surface area contributed by atoms with Crippen LogP contribution in [-0.2, 0) is 0 Å². The van der Waals surface area contributed by atoms with Crippen molar-refractivity contribution in [3.8, 4) is 0 Å². The molecule has 78 valence electrons. The Morgan fingerprint density at radius 1 is 1.50 bits per heavy atom. The minimum absolute atomic E-state index is 0.0840. The minimum atomic E-state index is 0.0840. The molecule has 4 heteroatoms. The van der Waals surface area contributed by atoms with Crippen molar-refractivity contribution in [2.75, 3.05) is 6.61 Å². The Kier molecular flexibility index (Phi) is 4.32. The number of halogens is 1. The number of nitrogens with zero attached hydrogens (tertiary/aromatic N) is 1. The average molecular weight is 215 g/mol. The van der Waals surface area contributed by atoms with Crippen LogP contribution in [0.15, 0.2) is 18.3 Å². The van der Waals surface area contributed by atoms with Crippen molar-refractivity contribution >= 4 is 11.6 Å². The maximum Gasteiger partial charge on any atom is 0.129 e. The Bertz CT molecular complexity index is 276. The molecule has 1 heterocycles. The number of rotatable bonds is 4. The monoisotopic (exact) mass is 214 g/mol. The van der Waals surface area contributed by atoms with Gasteiger partial charge in [0, 0.05) is 18.3 Å². The van der Waals surface area contributed by atoms with E-state index in [4.69, 9.17) is 16.7 Å². The van der Waals surface area contributed by atoms with E-state index in [0.29, 0.717) is 5.15 Å². The molecule has 0 bridgehead atoms. The molecule has 0 aliphatic heterocycles. The van der Waals surface area contributed by atoms with E-state index in [0.717, 1.165) is 5.56 Å². The first-order valence-electron chi connectivity index (χ1n) is 4.62. The Labute approximate surface area is 89.1 Å². The summed E-state index contributed by atoms with van der Waals surface area (Å²) in [4.78, 5) is 4.00. The fourth-order valence-corrected chi connectivity index (χ4v) is 1.33. The van der Waals surface area contributed by atoms with Crippen LogP contribution >= 0.6 is 11.6 Å². The standard InChI is InChI=1S/C10H15ClN2O/c1-7(6-14)13-8(2)9-3-4-10(11)12-5-9/h3-5,7-8,13-14H,6H2,1-2H3/t7-,8?/m1/s1. The molecule has 1 aromatic heterocycles. The number of hydrogen-bond donors (Lipinski definition) is 2. The number of aliphatic hydroxyl groups excluding tert-OH is 1. The molecule has 0 amide bonds. The van der Waals surface area contributed by atoms with E-state index >= 15 is 0 Å². The molecule has 0 saturated heterocycles.